The number of allylic oxidation sites excluding steroid dienone is 3. The number of hydrogen-bond donors (Lipinski definition) is 0. The molecule has 3 nitrogen and oxygen atoms in total. The number of hydrogen-bond acceptors (Lipinski definition) is 3. The summed E-state index contributed by atoms with van der Waals surface area (Å²) < 4.78 is 5.23. The number of nitrogens with zero attached hydrogens (tertiary/aromatic N) is 1. The fourth-order valence-electron chi connectivity index (χ4n) is 2.85. The summed E-state index contributed by atoms with van der Waals surface area (Å²) in [4.78, 5) is 14.4. The molecular formula is C14H21NO2. The Morgan fingerprint density at radius 2 is 2.35 bits per heavy atom. The number of esters is 1. The monoisotopic (exact) mass is 235 g/mol. The molecule has 1 heterocycles. The maximum atomic E-state index is 12.1. The minimum atomic E-state index is -0.0788. The third-order valence-corrected chi connectivity index (χ3v) is 3.71. The molecular weight excluding hydrogens is 214 g/mol. The van der Waals surface area contributed by atoms with Crippen molar-refractivity contribution in [3.8, 4) is 0 Å². The molecule has 2 rings (SSSR count). The minimum absolute atomic E-state index is 0.0553. The van der Waals surface area contributed by atoms with Crippen LogP contribution in [-0.2, 0) is 9.53 Å². The van der Waals surface area contributed by atoms with E-state index in [9.17, 15) is 4.79 Å². The molecule has 2 atom stereocenters. The molecule has 3 heteroatoms. The van der Waals surface area contributed by atoms with E-state index in [4.69, 9.17) is 4.74 Å². The Labute approximate surface area is 103 Å². The molecule has 0 spiro atoms. The van der Waals surface area contributed by atoms with E-state index in [-0.39, 0.29) is 12.0 Å². The van der Waals surface area contributed by atoms with Crippen LogP contribution in [0.4, 0.5) is 0 Å². The highest BCUT2D eigenvalue weighted by Crippen LogP contribution is 2.34. The van der Waals surface area contributed by atoms with E-state index in [1.165, 1.54) is 5.57 Å². The standard InChI is InChI=1S/C14H21NO2/c1-3-15-10-9-11-7-5-6-8-12(11)13(15)14(16)17-4-2/h5-7,12-13H,3-4,8-10H2,1-2H3. The van der Waals surface area contributed by atoms with Gasteiger partial charge < -0.3 is 4.74 Å². The molecule has 2 aliphatic rings. The summed E-state index contributed by atoms with van der Waals surface area (Å²) in [5.41, 5.74) is 1.41. The van der Waals surface area contributed by atoms with Crippen molar-refractivity contribution in [2.45, 2.75) is 32.7 Å². The molecule has 0 bridgehead atoms. The van der Waals surface area contributed by atoms with Gasteiger partial charge in [0.05, 0.1) is 6.61 Å². The minimum Gasteiger partial charge on any atom is -0.465 e. The second-order valence-corrected chi connectivity index (χ2v) is 4.59. The SMILES string of the molecule is CCOC(=O)C1C2CC=CC=C2CCN1CC. The third-order valence-electron chi connectivity index (χ3n) is 3.71. The van der Waals surface area contributed by atoms with Crippen molar-refractivity contribution in [1.29, 1.82) is 0 Å². The topological polar surface area (TPSA) is 29.5 Å². The normalized spacial score (nSPS) is 28.5. The van der Waals surface area contributed by atoms with E-state index < -0.39 is 0 Å². The van der Waals surface area contributed by atoms with Crippen LogP contribution < -0.4 is 0 Å². The molecule has 0 amide bonds. The van der Waals surface area contributed by atoms with Crippen LogP contribution in [0, 0.1) is 5.92 Å². The molecule has 1 aliphatic heterocycles. The molecule has 1 aliphatic carbocycles. The van der Waals surface area contributed by atoms with E-state index in [2.05, 4.69) is 30.1 Å². The average molecular weight is 235 g/mol. The molecule has 0 aromatic carbocycles. The van der Waals surface area contributed by atoms with E-state index in [0.717, 1.165) is 25.9 Å². The highest BCUT2D eigenvalue weighted by atomic mass is 16.5. The van der Waals surface area contributed by atoms with Crippen LogP contribution in [0.15, 0.2) is 23.8 Å². The fraction of sp³-hybridized carbons (Fsp3) is 0.643. The van der Waals surface area contributed by atoms with Gasteiger partial charge in [-0.3, -0.25) is 9.69 Å². The highest BCUT2D eigenvalue weighted by molar-refractivity contribution is 5.77. The van der Waals surface area contributed by atoms with E-state index >= 15 is 0 Å². The number of piperidine rings is 1. The zero-order valence-electron chi connectivity index (χ0n) is 10.7. The van der Waals surface area contributed by atoms with Gasteiger partial charge in [0.15, 0.2) is 0 Å². The van der Waals surface area contributed by atoms with Gasteiger partial charge in [-0.1, -0.05) is 30.7 Å². The number of fused-ring (bicyclic) bond motifs is 1. The van der Waals surface area contributed by atoms with Gasteiger partial charge in [0.2, 0.25) is 0 Å². The maximum Gasteiger partial charge on any atom is 0.323 e. The second kappa shape index (κ2) is 5.50. The number of likely N-dealkylation sites (tertiary alicyclic amines) is 1. The molecule has 17 heavy (non-hydrogen) atoms. The van der Waals surface area contributed by atoms with Gasteiger partial charge in [-0.2, -0.15) is 0 Å². The van der Waals surface area contributed by atoms with Crippen LogP contribution in [0.5, 0.6) is 0 Å². The van der Waals surface area contributed by atoms with Crippen molar-refractivity contribution in [1.82, 2.24) is 4.90 Å². The van der Waals surface area contributed by atoms with Gasteiger partial charge >= 0.3 is 5.97 Å². The van der Waals surface area contributed by atoms with E-state index in [0.29, 0.717) is 12.5 Å². The van der Waals surface area contributed by atoms with Crippen LogP contribution in [0.1, 0.15) is 26.7 Å². The predicted molar refractivity (Wildman–Crippen MR) is 67.6 cm³/mol. The summed E-state index contributed by atoms with van der Waals surface area (Å²) in [5, 5.41) is 0. The van der Waals surface area contributed by atoms with Crippen LogP contribution in [-0.4, -0.2) is 36.6 Å². The van der Waals surface area contributed by atoms with Gasteiger partial charge in [-0.15, -0.1) is 0 Å². The van der Waals surface area contributed by atoms with Crippen LogP contribution in [0.25, 0.3) is 0 Å². The van der Waals surface area contributed by atoms with Crippen molar-refractivity contribution in [3.63, 3.8) is 0 Å². The third kappa shape index (κ3) is 2.44. The quantitative estimate of drug-likeness (QED) is 0.702. The Balaban J connectivity index is 2.19. The fourth-order valence-corrected chi connectivity index (χ4v) is 2.85. The van der Waals surface area contributed by atoms with Gasteiger partial charge in [0.1, 0.15) is 6.04 Å². The zero-order valence-corrected chi connectivity index (χ0v) is 10.7. The summed E-state index contributed by atoms with van der Waals surface area (Å²) in [6.07, 6.45) is 8.48. The smallest absolute Gasteiger partial charge is 0.323 e. The Hall–Kier alpha value is -1.09. The molecule has 94 valence electrons. The molecule has 0 aromatic heterocycles. The number of likely N-dealkylation sites (N-methyl/N-ethyl adjacent to an activating group) is 1. The van der Waals surface area contributed by atoms with Crippen LogP contribution in [0.2, 0.25) is 0 Å². The van der Waals surface area contributed by atoms with Crippen molar-refractivity contribution in [3.05, 3.63) is 23.8 Å². The maximum absolute atomic E-state index is 12.1. The number of rotatable bonds is 3. The lowest BCUT2D eigenvalue weighted by Crippen LogP contribution is -2.51. The second-order valence-electron chi connectivity index (χ2n) is 4.59. The molecule has 0 aromatic rings. The molecule has 0 N–H and O–H groups in total. The predicted octanol–water partition coefficient (Wildman–Crippen LogP) is 2.15. The lowest BCUT2D eigenvalue weighted by atomic mass is 9.79. The largest absolute Gasteiger partial charge is 0.465 e. The first-order valence-corrected chi connectivity index (χ1v) is 6.54. The first kappa shape index (κ1) is 12.4. The Kier molecular flexibility index (Phi) is 4.00. The summed E-state index contributed by atoms with van der Waals surface area (Å²) in [5.74, 6) is 0.271. The molecule has 1 saturated heterocycles. The number of carbonyl (C=O) groups excluding carboxylic acids is 1. The molecule has 1 fully saturated rings. The molecule has 0 saturated carbocycles. The summed E-state index contributed by atoms with van der Waals surface area (Å²) in [6.45, 7) is 6.33. The summed E-state index contributed by atoms with van der Waals surface area (Å²) >= 11 is 0. The van der Waals surface area contributed by atoms with Crippen molar-refractivity contribution in [2.24, 2.45) is 5.92 Å². The van der Waals surface area contributed by atoms with Gasteiger partial charge in [-0.05, 0) is 26.3 Å². The van der Waals surface area contributed by atoms with E-state index in [1.54, 1.807) is 0 Å². The Bertz CT molecular complexity index is 346. The van der Waals surface area contributed by atoms with Crippen molar-refractivity contribution < 1.29 is 9.53 Å². The molecule has 2 unspecified atom stereocenters. The molecule has 0 radical (unpaired) electrons. The van der Waals surface area contributed by atoms with Crippen LogP contribution >= 0.6 is 0 Å². The van der Waals surface area contributed by atoms with E-state index in [1.807, 2.05) is 6.92 Å². The summed E-state index contributed by atoms with van der Waals surface area (Å²) in [6, 6.07) is -0.0788. The van der Waals surface area contributed by atoms with Crippen LogP contribution in [0.3, 0.4) is 0 Å². The Morgan fingerprint density at radius 3 is 3.06 bits per heavy atom. The first-order chi connectivity index (χ1) is 8.27. The van der Waals surface area contributed by atoms with Crippen molar-refractivity contribution >= 4 is 5.97 Å². The first-order valence-electron chi connectivity index (χ1n) is 6.54. The Morgan fingerprint density at radius 1 is 1.53 bits per heavy atom. The zero-order chi connectivity index (χ0) is 12.3. The van der Waals surface area contributed by atoms with Gasteiger partial charge in [-0.25, -0.2) is 0 Å². The number of ether oxygens (including phenoxy) is 1. The lowest BCUT2D eigenvalue weighted by molar-refractivity contribution is -0.152. The number of carbonyl (C=O) groups is 1. The van der Waals surface area contributed by atoms with Gasteiger partial charge in [0, 0.05) is 12.5 Å². The average Bonchev–Trinajstić information content (AvgIpc) is 2.37. The summed E-state index contributed by atoms with van der Waals surface area (Å²) in [7, 11) is 0. The lowest BCUT2D eigenvalue weighted by Gasteiger charge is -2.41. The van der Waals surface area contributed by atoms with Crippen molar-refractivity contribution in [2.75, 3.05) is 19.7 Å². The van der Waals surface area contributed by atoms with Gasteiger partial charge in [0.25, 0.3) is 0 Å². The highest BCUT2D eigenvalue weighted by Gasteiger charge is 2.39.